The molecule has 2 aromatic heterocycles. The van der Waals surface area contributed by atoms with Gasteiger partial charge in [0.2, 0.25) is 5.91 Å². The number of rotatable bonds is 1. The molecule has 0 spiro atoms. The molecule has 1 N–H and O–H groups in total. The molecule has 2 aromatic rings. The van der Waals surface area contributed by atoms with Crippen molar-refractivity contribution in [2.45, 2.75) is 25.5 Å². The Bertz CT molecular complexity index is 735. The van der Waals surface area contributed by atoms with Gasteiger partial charge in [0.15, 0.2) is 5.82 Å². The molecule has 114 valence electrons. The lowest BCUT2D eigenvalue weighted by Crippen LogP contribution is -2.60. The van der Waals surface area contributed by atoms with Gasteiger partial charge in [-0.3, -0.25) is 4.79 Å². The van der Waals surface area contributed by atoms with Crippen LogP contribution in [-0.4, -0.2) is 52.7 Å². The summed E-state index contributed by atoms with van der Waals surface area (Å²) in [5.41, 5.74) is 2.58. The number of anilines is 1. The zero-order chi connectivity index (χ0) is 15.1. The Morgan fingerprint density at radius 2 is 2.27 bits per heavy atom. The number of nitrogens with one attached hydrogen (secondary N) is 1. The predicted octanol–water partition coefficient (Wildman–Crippen LogP) is 0.427. The molecule has 2 aliphatic rings. The number of morpholine rings is 1. The van der Waals surface area contributed by atoms with Gasteiger partial charge in [0, 0.05) is 18.8 Å². The smallest absolute Gasteiger partial charge is 0.246 e. The minimum absolute atomic E-state index is 0.00447. The van der Waals surface area contributed by atoms with E-state index >= 15 is 0 Å². The van der Waals surface area contributed by atoms with E-state index in [-0.39, 0.29) is 24.7 Å². The molecule has 0 bridgehead atoms. The zero-order valence-corrected chi connectivity index (χ0v) is 12.3. The summed E-state index contributed by atoms with van der Waals surface area (Å²) < 4.78 is 5.60. The fraction of sp³-hybridized carbons (Fsp3) is 0.467. The number of hydrogen-bond donors (Lipinski definition) is 1. The average Bonchev–Trinajstić information content (AvgIpc) is 2.53. The van der Waals surface area contributed by atoms with Crippen LogP contribution in [0.15, 0.2) is 18.5 Å². The summed E-state index contributed by atoms with van der Waals surface area (Å²) in [5.74, 6) is 0.775. The predicted molar refractivity (Wildman–Crippen MR) is 80.6 cm³/mol. The Morgan fingerprint density at radius 1 is 1.36 bits per heavy atom. The van der Waals surface area contributed by atoms with E-state index in [9.17, 15) is 4.79 Å². The minimum atomic E-state index is -0.0513. The Balaban J connectivity index is 1.67. The Morgan fingerprint density at radius 3 is 3.18 bits per heavy atom. The van der Waals surface area contributed by atoms with Crippen molar-refractivity contribution in [1.82, 2.24) is 20.3 Å². The fourth-order valence-corrected chi connectivity index (χ4v) is 3.15. The van der Waals surface area contributed by atoms with Crippen LogP contribution in [0.4, 0.5) is 5.82 Å². The summed E-state index contributed by atoms with van der Waals surface area (Å²) in [4.78, 5) is 27.0. The van der Waals surface area contributed by atoms with Gasteiger partial charge in [-0.1, -0.05) is 0 Å². The highest BCUT2D eigenvalue weighted by molar-refractivity contribution is 5.85. The van der Waals surface area contributed by atoms with Gasteiger partial charge < -0.3 is 15.0 Å². The first-order chi connectivity index (χ1) is 10.7. The Kier molecular flexibility index (Phi) is 3.15. The lowest BCUT2D eigenvalue weighted by atomic mass is 10.0. The number of piperidine rings is 1. The number of pyridine rings is 1. The Labute approximate surface area is 127 Å². The number of nitrogens with zero attached hydrogens (tertiary/aromatic N) is 4. The van der Waals surface area contributed by atoms with E-state index in [0.717, 1.165) is 35.5 Å². The second-order valence-electron chi connectivity index (χ2n) is 5.78. The van der Waals surface area contributed by atoms with E-state index in [0.29, 0.717) is 6.54 Å². The molecule has 0 saturated carbocycles. The highest BCUT2D eigenvalue weighted by Crippen LogP contribution is 2.26. The average molecular weight is 299 g/mol. The normalized spacial score (nSPS) is 25.0. The molecular formula is C15H17N5O2. The molecule has 0 unspecified atom stereocenters. The number of fused-ring (bicyclic) bond motifs is 2. The first-order valence-corrected chi connectivity index (χ1v) is 7.45. The highest BCUT2D eigenvalue weighted by Gasteiger charge is 2.35. The monoisotopic (exact) mass is 299 g/mol. The number of carbonyl (C=O) groups is 1. The van der Waals surface area contributed by atoms with Gasteiger partial charge in [-0.2, -0.15) is 0 Å². The molecule has 0 aromatic carbocycles. The Hall–Kier alpha value is -2.28. The van der Waals surface area contributed by atoms with E-state index in [1.54, 1.807) is 6.33 Å². The minimum Gasteiger partial charge on any atom is -0.366 e. The third kappa shape index (κ3) is 2.27. The molecule has 0 aliphatic carbocycles. The molecule has 2 saturated heterocycles. The molecule has 2 atom stereocenters. The van der Waals surface area contributed by atoms with Gasteiger partial charge in [0.25, 0.3) is 0 Å². The fourth-order valence-electron chi connectivity index (χ4n) is 3.15. The van der Waals surface area contributed by atoms with Crippen LogP contribution in [0.5, 0.6) is 0 Å². The van der Waals surface area contributed by atoms with Crippen LogP contribution in [0.3, 0.4) is 0 Å². The van der Waals surface area contributed by atoms with Gasteiger partial charge in [-0.25, -0.2) is 15.0 Å². The van der Waals surface area contributed by atoms with E-state index in [1.165, 1.54) is 0 Å². The summed E-state index contributed by atoms with van der Waals surface area (Å²) in [6, 6.07) is 3.91. The van der Waals surface area contributed by atoms with Crippen molar-refractivity contribution in [3.05, 3.63) is 24.2 Å². The second-order valence-corrected chi connectivity index (χ2v) is 5.78. The van der Waals surface area contributed by atoms with E-state index in [1.807, 2.05) is 19.1 Å². The molecule has 0 radical (unpaired) electrons. The molecule has 2 fully saturated rings. The summed E-state index contributed by atoms with van der Waals surface area (Å²) in [6.45, 7) is 3.63. The summed E-state index contributed by atoms with van der Waals surface area (Å²) in [6.07, 6.45) is 2.52. The second kappa shape index (κ2) is 5.17. The first kappa shape index (κ1) is 13.4. The van der Waals surface area contributed by atoms with Crippen molar-refractivity contribution in [2.24, 2.45) is 0 Å². The van der Waals surface area contributed by atoms with Crippen molar-refractivity contribution in [3.8, 4) is 0 Å². The molecular weight excluding hydrogens is 282 g/mol. The maximum Gasteiger partial charge on any atom is 0.246 e. The van der Waals surface area contributed by atoms with E-state index < -0.39 is 0 Å². The number of carbonyl (C=O) groups excluding carboxylic acids is 1. The van der Waals surface area contributed by atoms with E-state index in [2.05, 4.69) is 25.2 Å². The lowest BCUT2D eigenvalue weighted by Gasteiger charge is -2.41. The molecule has 7 nitrogen and oxygen atoms in total. The quantitative estimate of drug-likeness (QED) is 0.822. The van der Waals surface area contributed by atoms with Crippen LogP contribution >= 0.6 is 0 Å². The molecule has 2 aliphatic heterocycles. The summed E-state index contributed by atoms with van der Waals surface area (Å²) in [5, 5.41) is 3.01. The third-order valence-electron chi connectivity index (χ3n) is 4.23. The van der Waals surface area contributed by atoms with Crippen molar-refractivity contribution in [3.63, 3.8) is 0 Å². The number of hydrogen-bond acceptors (Lipinski definition) is 6. The molecule has 4 rings (SSSR count). The standard InChI is InChI=1S/C15H17N5O2/c1-9-2-3-10-14(18-9)15(17-8-16-10)20-5-4-12-11(6-20)19-13(21)7-22-12/h2-3,8,11-12H,4-7H2,1H3,(H,19,21)/t11-,12+/m0/s1. The summed E-state index contributed by atoms with van der Waals surface area (Å²) in [7, 11) is 0. The molecule has 7 heteroatoms. The summed E-state index contributed by atoms with van der Waals surface area (Å²) >= 11 is 0. The van der Waals surface area contributed by atoms with Crippen molar-refractivity contribution in [2.75, 3.05) is 24.6 Å². The largest absolute Gasteiger partial charge is 0.366 e. The van der Waals surface area contributed by atoms with Crippen molar-refractivity contribution in [1.29, 1.82) is 0 Å². The molecule has 4 heterocycles. The van der Waals surface area contributed by atoms with Crippen LogP contribution in [0, 0.1) is 6.92 Å². The van der Waals surface area contributed by atoms with Crippen LogP contribution in [-0.2, 0) is 9.53 Å². The van der Waals surface area contributed by atoms with Crippen LogP contribution in [0.2, 0.25) is 0 Å². The topological polar surface area (TPSA) is 80.2 Å². The van der Waals surface area contributed by atoms with Crippen LogP contribution in [0.1, 0.15) is 12.1 Å². The third-order valence-corrected chi connectivity index (χ3v) is 4.23. The first-order valence-electron chi connectivity index (χ1n) is 7.45. The molecule has 22 heavy (non-hydrogen) atoms. The lowest BCUT2D eigenvalue weighted by molar-refractivity contribution is -0.137. The van der Waals surface area contributed by atoms with Gasteiger partial charge in [0.05, 0.1) is 17.7 Å². The van der Waals surface area contributed by atoms with E-state index in [4.69, 9.17) is 4.74 Å². The zero-order valence-electron chi connectivity index (χ0n) is 12.3. The van der Waals surface area contributed by atoms with Gasteiger partial charge in [-0.05, 0) is 25.5 Å². The van der Waals surface area contributed by atoms with Crippen LogP contribution in [0.25, 0.3) is 11.0 Å². The van der Waals surface area contributed by atoms with Crippen molar-refractivity contribution >= 4 is 22.8 Å². The maximum atomic E-state index is 11.5. The van der Waals surface area contributed by atoms with Gasteiger partial charge in [0.1, 0.15) is 18.5 Å². The highest BCUT2D eigenvalue weighted by atomic mass is 16.5. The maximum absolute atomic E-state index is 11.5. The number of amides is 1. The molecule has 1 amide bonds. The SMILES string of the molecule is Cc1ccc2ncnc(N3CC[C@H]4OCC(=O)N[C@H]4C3)c2n1. The van der Waals surface area contributed by atoms with Gasteiger partial charge in [-0.15, -0.1) is 0 Å². The van der Waals surface area contributed by atoms with Gasteiger partial charge >= 0.3 is 0 Å². The van der Waals surface area contributed by atoms with Crippen LogP contribution < -0.4 is 10.2 Å². The van der Waals surface area contributed by atoms with Crippen molar-refractivity contribution < 1.29 is 9.53 Å². The number of ether oxygens (including phenoxy) is 1. The number of aromatic nitrogens is 3. The number of aryl methyl sites for hydroxylation is 1.